The molecule has 0 fully saturated rings. The van der Waals surface area contributed by atoms with Gasteiger partial charge in [0, 0.05) is 18.4 Å². The average Bonchev–Trinajstić information content (AvgIpc) is 3.06. The monoisotopic (exact) mass is 369 g/mol. The lowest BCUT2D eigenvalue weighted by Gasteiger charge is -2.10. The van der Waals surface area contributed by atoms with Gasteiger partial charge in [-0.3, -0.25) is 9.59 Å². The van der Waals surface area contributed by atoms with Gasteiger partial charge in [-0.25, -0.2) is 0 Å². The molecular weight excluding hydrogens is 354 g/mol. The van der Waals surface area contributed by atoms with E-state index in [-0.39, 0.29) is 24.6 Å². The van der Waals surface area contributed by atoms with E-state index >= 15 is 0 Å². The van der Waals surface area contributed by atoms with Crippen LogP contribution >= 0.6 is 11.6 Å². The zero-order valence-electron chi connectivity index (χ0n) is 13.5. The highest BCUT2D eigenvalue weighted by atomic mass is 35.5. The molecule has 1 amide bonds. The van der Waals surface area contributed by atoms with Gasteiger partial charge in [0.1, 0.15) is 6.54 Å². The first-order valence-electron chi connectivity index (χ1n) is 7.17. The van der Waals surface area contributed by atoms with E-state index in [0.29, 0.717) is 22.1 Å². The lowest BCUT2D eigenvalue weighted by atomic mass is 10.2. The molecule has 0 radical (unpaired) electrons. The summed E-state index contributed by atoms with van der Waals surface area (Å²) in [5.41, 5.74) is 0.563. The molecule has 25 heavy (non-hydrogen) atoms. The largest absolute Gasteiger partial charge is 0.493 e. The van der Waals surface area contributed by atoms with Crippen LogP contribution in [0.2, 0.25) is 5.02 Å². The van der Waals surface area contributed by atoms with Crippen molar-refractivity contribution in [3.8, 4) is 22.9 Å². The second-order valence-electron chi connectivity index (χ2n) is 4.88. The van der Waals surface area contributed by atoms with Crippen LogP contribution in [0.1, 0.15) is 12.3 Å². The van der Waals surface area contributed by atoms with Crippen LogP contribution in [0.3, 0.4) is 0 Å². The van der Waals surface area contributed by atoms with E-state index in [1.54, 1.807) is 12.1 Å². The molecule has 0 spiro atoms. The minimum Gasteiger partial charge on any atom is -0.493 e. The van der Waals surface area contributed by atoms with Gasteiger partial charge in [-0.05, 0) is 12.1 Å². The topological polar surface area (TPSA) is 124 Å². The first-order chi connectivity index (χ1) is 11.9. The van der Waals surface area contributed by atoms with E-state index in [2.05, 4.69) is 15.5 Å². The predicted octanol–water partition coefficient (Wildman–Crippen LogP) is 1.54. The molecule has 134 valence electrons. The van der Waals surface area contributed by atoms with E-state index in [1.807, 2.05) is 0 Å². The number of hydrogen-bond acceptors (Lipinski definition) is 7. The molecule has 0 saturated carbocycles. The average molecular weight is 370 g/mol. The number of carbonyl (C=O) groups excluding carboxylic acids is 1. The van der Waals surface area contributed by atoms with Gasteiger partial charge in [-0.1, -0.05) is 16.8 Å². The molecule has 9 nitrogen and oxygen atoms in total. The van der Waals surface area contributed by atoms with Crippen LogP contribution in [0.4, 0.5) is 0 Å². The zero-order chi connectivity index (χ0) is 18.4. The van der Waals surface area contributed by atoms with Crippen molar-refractivity contribution < 1.29 is 28.7 Å². The minimum atomic E-state index is -1.11. The molecule has 1 aromatic carbocycles. The zero-order valence-corrected chi connectivity index (χ0v) is 14.3. The number of methoxy groups -OCH3 is 2. The maximum atomic E-state index is 11.5. The molecule has 2 N–H and O–H groups in total. The van der Waals surface area contributed by atoms with Gasteiger partial charge in [0.05, 0.1) is 19.2 Å². The van der Waals surface area contributed by atoms with E-state index in [9.17, 15) is 9.59 Å². The summed E-state index contributed by atoms with van der Waals surface area (Å²) in [7, 11) is 2.96. The van der Waals surface area contributed by atoms with Crippen molar-refractivity contribution in [3.63, 3.8) is 0 Å². The van der Waals surface area contributed by atoms with Crippen LogP contribution in [-0.2, 0) is 16.0 Å². The number of nitrogens with one attached hydrogen (secondary N) is 1. The van der Waals surface area contributed by atoms with Crippen LogP contribution in [0.25, 0.3) is 11.4 Å². The molecule has 0 aliphatic rings. The number of hydrogen-bond donors (Lipinski definition) is 2. The summed E-state index contributed by atoms with van der Waals surface area (Å²) in [5.74, 6) is -0.193. The summed E-state index contributed by atoms with van der Waals surface area (Å²) < 4.78 is 15.5. The van der Waals surface area contributed by atoms with Crippen molar-refractivity contribution in [2.45, 2.75) is 12.8 Å². The van der Waals surface area contributed by atoms with Gasteiger partial charge in [0.25, 0.3) is 0 Å². The van der Waals surface area contributed by atoms with Crippen molar-refractivity contribution in [1.29, 1.82) is 0 Å². The number of aryl methyl sites for hydroxylation is 1. The summed E-state index contributed by atoms with van der Waals surface area (Å²) in [6.45, 7) is -0.432. The lowest BCUT2D eigenvalue weighted by molar-refractivity contribution is -0.137. The Hall–Kier alpha value is -2.81. The number of carboxylic acids is 1. The Labute approximate surface area is 147 Å². The number of nitrogens with zero attached hydrogens (tertiary/aromatic N) is 2. The first kappa shape index (κ1) is 18.5. The van der Waals surface area contributed by atoms with E-state index in [1.165, 1.54) is 14.2 Å². The van der Waals surface area contributed by atoms with E-state index in [0.717, 1.165) is 0 Å². The van der Waals surface area contributed by atoms with Crippen molar-refractivity contribution in [2.75, 3.05) is 20.8 Å². The molecule has 0 aliphatic heterocycles. The standard InChI is InChI=1S/C15H16ClN3O6/c1-23-10-6-8(5-9(16)14(10)24-2)15-18-12(25-19-15)4-3-11(20)17-7-13(21)22/h5-6H,3-4,7H2,1-2H3,(H,17,20)(H,21,22). The van der Waals surface area contributed by atoms with E-state index in [4.69, 9.17) is 30.7 Å². The third-order valence-corrected chi connectivity index (χ3v) is 3.44. The lowest BCUT2D eigenvalue weighted by Crippen LogP contribution is -2.29. The fourth-order valence-electron chi connectivity index (χ4n) is 2.00. The number of rotatable bonds is 8. The van der Waals surface area contributed by atoms with Crippen LogP contribution in [0.15, 0.2) is 16.7 Å². The second-order valence-corrected chi connectivity index (χ2v) is 5.28. The Kier molecular flexibility index (Phi) is 6.18. The molecule has 10 heteroatoms. The summed E-state index contributed by atoms with van der Waals surface area (Å²) >= 11 is 6.14. The van der Waals surface area contributed by atoms with Crippen molar-refractivity contribution in [3.05, 3.63) is 23.0 Å². The van der Waals surface area contributed by atoms with Crippen LogP contribution < -0.4 is 14.8 Å². The fraction of sp³-hybridized carbons (Fsp3) is 0.333. The normalized spacial score (nSPS) is 10.4. The maximum absolute atomic E-state index is 11.5. The quantitative estimate of drug-likeness (QED) is 0.718. The van der Waals surface area contributed by atoms with Crippen molar-refractivity contribution in [1.82, 2.24) is 15.5 Å². The number of ether oxygens (including phenoxy) is 2. The molecule has 1 aromatic heterocycles. The highest BCUT2D eigenvalue weighted by Crippen LogP contribution is 2.38. The highest BCUT2D eigenvalue weighted by Gasteiger charge is 2.16. The molecule has 0 bridgehead atoms. The van der Waals surface area contributed by atoms with Crippen molar-refractivity contribution in [2.24, 2.45) is 0 Å². The molecule has 0 saturated heterocycles. The number of benzene rings is 1. The third kappa shape index (κ3) is 4.83. The number of halogens is 1. The third-order valence-electron chi connectivity index (χ3n) is 3.16. The van der Waals surface area contributed by atoms with E-state index < -0.39 is 18.4 Å². The number of amides is 1. The fourth-order valence-corrected chi connectivity index (χ4v) is 2.29. The Morgan fingerprint density at radius 2 is 2.08 bits per heavy atom. The Bertz CT molecular complexity index is 777. The number of carboxylic acid groups (broad SMARTS) is 1. The molecule has 0 unspecified atom stereocenters. The van der Waals surface area contributed by atoms with Crippen molar-refractivity contribution >= 4 is 23.5 Å². The second kappa shape index (κ2) is 8.34. The van der Waals surface area contributed by atoms with Gasteiger partial charge >= 0.3 is 5.97 Å². The summed E-state index contributed by atoms with van der Waals surface area (Å²) in [6, 6.07) is 3.26. The van der Waals surface area contributed by atoms with Gasteiger partial charge < -0.3 is 24.4 Å². The van der Waals surface area contributed by atoms with Gasteiger partial charge in [0.15, 0.2) is 11.5 Å². The summed E-state index contributed by atoms with van der Waals surface area (Å²) in [4.78, 5) is 26.1. The molecule has 2 aromatic rings. The van der Waals surface area contributed by atoms with Crippen LogP contribution in [0, 0.1) is 0 Å². The predicted molar refractivity (Wildman–Crippen MR) is 86.8 cm³/mol. The van der Waals surface area contributed by atoms with Gasteiger partial charge in [-0.15, -0.1) is 0 Å². The molecule has 1 heterocycles. The Morgan fingerprint density at radius 3 is 2.72 bits per heavy atom. The minimum absolute atomic E-state index is 0.0294. The molecule has 0 atom stereocenters. The Balaban J connectivity index is 2.07. The van der Waals surface area contributed by atoms with Gasteiger partial charge in [-0.2, -0.15) is 4.98 Å². The summed E-state index contributed by atoms with van der Waals surface area (Å²) in [6.07, 6.45) is 0.209. The number of aromatic nitrogens is 2. The van der Waals surface area contributed by atoms with Gasteiger partial charge in [0.2, 0.25) is 17.6 Å². The molecular formula is C15H16ClN3O6. The Morgan fingerprint density at radius 1 is 1.32 bits per heavy atom. The first-order valence-corrected chi connectivity index (χ1v) is 7.55. The molecule has 2 rings (SSSR count). The maximum Gasteiger partial charge on any atom is 0.322 e. The highest BCUT2D eigenvalue weighted by molar-refractivity contribution is 6.32. The summed E-state index contributed by atoms with van der Waals surface area (Å²) in [5, 5.41) is 14.9. The van der Waals surface area contributed by atoms with Crippen LogP contribution in [-0.4, -0.2) is 47.9 Å². The number of aliphatic carboxylic acids is 1. The SMILES string of the molecule is COc1cc(-c2noc(CCC(=O)NCC(=O)O)n2)cc(Cl)c1OC. The smallest absolute Gasteiger partial charge is 0.322 e. The molecule has 0 aliphatic carbocycles. The van der Waals surface area contributed by atoms with Crippen LogP contribution in [0.5, 0.6) is 11.5 Å². The number of carbonyl (C=O) groups is 2.